The summed E-state index contributed by atoms with van der Waals surface area (Å²) < 4.78 is 0. The van der Waals surface area contributed by atoms with Crippen LogP contribution in [0.5, 0.6) is 0 Å². The highest BCUT2D eigenvalue weighted by Crippen LogP contribution is 2.28. The fourth-order valence-corrected chi connectivity index (χ4v) is 1.78. The fourth-order valence-electron chi connectivity index (χ4n) is 1.78. The van der Waals surface area contributed by atoms with Crippen LogP contribution in [0.25, 0.3) is 0 Å². The van der Waals surface area contributed by atoms with E-state index in [-0.39, 0.29) is 6.04 Å². The molecule has 0 bridgehead atoms. The Morgan fingerprint density at radius 2 is 2.24 bits per heavy atom. The summed E-state index contributed by atoms with van der Waals surface area (Å²) in [6, 6.07) is 3.09. The monoisotopic (exact) mass is 236 g/mol. The Morgan fingerprint density at radius 3 is 2.59 bits per heavy atom. The van der Waals surface area contributed by atoms with Crippen molar-refractivity contribution in [2.75, 3.05) is 0 Å². The summed E-state index contributed by atoms with van der Waals surface area (Å²) in [5.74, 6) is -1.08. The van der Waals surface area contributed by atoms with Crippen molar-refractivity contribution in [3.8, 4) is 0 Å². The molecule has 1 rings (SSSR count). The SMILES string of the molecule is CC(C)N(C=O)C(C)(C(=O)O)c1cccnc1. The maximum Gasteiger partial charge on any atom is 0.334 e. The molecule has 0 aliphatic rings. The number of hydrogen-bond donors (Lipinski definition) is 1. The molecule has 1 unspecified atom stereocenters. The summed E-state index contributed by atoms with van der Waals surface area (Å²) >= 11 is 0. The quantitative estimate of drug-likeness (QED) is 0.781. The number of carbonyl (C=O) groups is 2. The summed E-state index contributed by atoms with van der Waals surface area (Å²) in [4.78, 5) is 27.8. The number of amides is 1. The molecule has 0 saturated heterocycles. The van der Waals surface area contributed by atoms with Gasteiger partial charge in [0, 0.05) is 24.0 Å². The van der Waals surface area contributed by atoms with Gasteiger partial charge in [0.1, 0.15) is 0 Å². The molecule has 0 aliphatic carbocycles. The zero-order valence-corrected chi connectivity index (χ0v) is 10.1. The van der Waals surface area contributed by atoms with Crippen molar-refractivity contribution in [3.63, 3.8) is 0 Å². The Kier molecular flexibility index (Phi) is 3.83. The van der Waals surface area contributed by atoms with E-state index in [2.05, 4.69) is 4.98 Å². The molecule has 0 spiro atoms. The maximum absolute atomic E-state index is 11.5. The normalized spacial score (nSPS) is 14.1. The van der Waals surface area contributed by atoms with E-state index in [0.717, 1.165) is 0 Å². The molecule has 1 aromatic heterocycles. The zero-order valence-electron chi connectivity index (χ0n) is 10.1. The van der Waals surface area contributed by atoms with Crippen LogP contribution in [0.3, 0.4) is 0 Å². The lowest BCUT2D eigenvalue weighted by atomic mass is 9.90. The van der Waals surface area contributed by atoms with E-state index in [1.54, 1.807) is 32.2 Å². The van der Waals surface area contributed by atoms with E-state index in [4.69, 9.17) is 0 Å². The van der Waals surface area contributed by atoms with Crippen LogP contribution >= 0.6 is 0 Å². The Bertz CT molecular complexity index is 405. The van der Waals surface area contributed by atoms with E-state index < -0.39 is 11.5 Å². The minimum absolute atomic E-state index is 0.214. The number of hydrogen-bond acceptors (Lipinski definition) is 3. The number of carboxylic acid groups (broad SMARTS) is 1. The van der Waals surface area contributed by atoms with Crippen LogP contribution < -0.4 is 0 Å². The second kappa shape index (κ2) is 4.95. The van der Waals surface area contributed by atoms with Gasteiger partial charge in [-0.15, -0.1) is 0 Å². The van der Waals surface area contributed by atoms with Crippen LogP contribution in [0.15, 0.2) is 24.5 Å². The number of pyridine rings is 1. The zero-order chi connectivity index (χ0) is 13.1. The number of aliphatic carboxylic acids is 1. The molecular weight excluding hydrogens is 220 g/mol. The first-order valence-corrected chi connectivity index (χ1v) is 5.32. The standard InChI is InChI=1S/C12H16N2O3/c1-9(2)14(8-15)12(3,11(16)17)10-5-4-6-13-7-10/h4-9H,1-3H3,(H,16,17). The van der Waals surface area contributed by atoms with Gasteiger partial charge in [0.2, 0.25) is 6.41 Å². The summed E-state index contributed by atoms with van der Waals surface area (Å²) in [7, 11) is 0. The van der Waals surface area contributed by atoms with Crippen molar-refractivity contribution in [2.24, 2.45) is 0 Å². The van der Waals surface area contributed by atoms with Gasteiger partial charge in [0.15, 0.2) is 5.54 Å². The molecule has 1 amide bonds. The third kappa shape index (κ3) is 2.27. The lowest BCUT2D eigenvalue weighted by molar-refractivity contribution is -0.156. The van der Waals surface area contributed by atoms with E-state index in [1.807, 2.05) is 0 Å². The largest absolute Gasteiger partial charge is 0.479 e. The highest BCUT2D eigenvalue weighted by Gasteiger charge is 2.42. The lowest BCUT2D eigenvalue weighted by Crippen LogP contribution is -2.52. The molecule has 17 heavy (non-hydrogen) atoms. The fraction of sp³-hybridized carbons (Fsp3) is 0.417. The van der Waals surface area contributed by atoms with E-state index in [9.17, 15) is 14.7 Å². The number of carboxylic acids is 1. The summed E-state index contributed by atoms with van der Waals surface area (Å²) in [6.07, 6.45) is 3.59. The van der Waals surface area contributed by atoms with Gasteiger partial charge >= 0.3 is 5.97 Å². The number of nitrogens with zero attached hydrogens (tertiary/aromatic N) is 2. The van der Waals surface area contributed by atoms with Gasteiger partial charge in [-0.3, -0.25) is 9.78 Å². The Labute approximate surface area is 100 Å². The molecule has 0 radical (unpaired) electrons. The molecule has 1 N–H and O–H groups in total. The minimum atomic E-state index is -1.40. The molecule has 0 aromatic carbocycles. The Hall–Kier alpha value is -1.91. The first-order chi connectivity index (χ1) is 7.94. The number of rotatable bonds is 5. The summed E-state index contributed by atoms with van der Waals surface area (Å²) in [6.45, 7) is 5.04. The Morgan fingerprint density at radius 1 is 1.59 bits per heavy atom. The van der Waals surface area contributed by atoms with Gasteiger partial charge in [-0.1, -0.05) is 6.07 Å². The van der Waals surface area contributed by atoms with Crippen LogP contribution in [0.4, 0.5) is 0 Å². The van der Waals surface area contributed by atoms with Crippen molar-refractivity contribution in [1.29, 1.82) is 0 Å². The number of carbonyl (C=O) groups excluding carboxylic acids is 1. The average molecular weight is 236 g/mol. The highest BCUT2D eigenvalue weighted by atomic mass is 16.4. The van der Waals surface area contributed by atoms with E-state index in [1.165, 1.54) is 18.0 Å². The van der Waals surface area contributed by atoms with Gasteiger partial charge in [-0.2, -0.15) is 0 Å². The van der Waals surface area contributed by atoms with Crippen molar-refractivity contribution >= 4 is 12.4 Å². The Balaban J connectivity index is 3.32. The van der Waals surface area contributed by atoms with Crippen molar-refractivity contribution in [3.05, 3.63) is 30.1 Å². The molecule has 92 valence electrons. The first-order valence-electron chi connectivity index (χ1n) is 5.32. The smallest absolute Gasteiger partial charge is 0.334 e. The molecule has 5 heteroatoms. The first kappa shape index (κ1) is 13.2. The minimum Gasteiger partial charge on any atom is -0.479 e. The second-order valence-corrected chi connectivity index (χ2v) is 4.23. The van der Waals surface area contributed by atoms with Crippen LogP contribution in [0.2, 0.25) is 0 Å². The third-order valence-electron chi connectivity index (χ3n) is 2.83. The van der Waals surface area contributed by atoms with Gasteiger partial charge in [0.05, 0.1) is 0 Å². The predicted octanol–water partition coefficient (Wildman–Crippen LogP) is 1.25. The van der Waals surface area contributed by atoms with Crippen LogP contribution in [0, 0.1) is 0 Å². The highest BCUT2D eigenvalue weighted by molar-refractivity contribution is 5.82. The van der Waals surface area contributed by atoms with Gasteiger partial charge in [0.25, 0.3) is 0 Å². The summed E-state index contributed by atoms with van der Waals surface area (Å²) in [5, 5.41) is 9.41. The molecule has 1 aromatic rings. The van der Waals surface area contributed by atoms with Gasteiger partial charge < -0.3 is 10.0 Å². The van der Waals surface area contributed by atoms with Crippen LogP contribution in [-0.2, 0) is 15.1 Å². The molecule has 0 saturated carbocycles. The molecule has 1 heterocycles. The molecule has 0 aliphatic heterocycles. The van der Waals surface area contributed by atoms with E-state index in [0.29, 0.717) is 12.0 Å². The van der Waals surface area contributed by atoms with Crippen LogP contribution in [0.1, 0.15) is 26.3 Å². The molecule has 5 nitrogen and oxygen atoms in total. The molecular formula is C12H16N2O3. The maximum atomic E-state index is 11.5. The van der Waals surface area contributed by atoms with Gasteiger partial charge in [-0.05, 0) is 26.8 Å². The van der Waals surface area contributed by atoms with Crippen molar-refractivity contribution < 1.29 is 14.7 Å². The van der Waals surface area contributed by atoms with Crippen molar-refractivity contribution in [1.82, 2.24) is 9.88 Å². The van der Waals surface area contributed by atoms with Crippen LogP contribution in [-0.4, -0.2) is 33.4 Å². The van der Waals surface area contributed by atoms with E-state index >= 15 is 0 Å². The topological polar surface area (TPSA) is 70.5 Å². The molecule has 0 fully saturated rings. The third-order valence-corrected chi connectivity index (χ3v) is 2.83. The predicted molar refractivity (Wildman–Crippen MR) is 62.3 cm³/mol. The summed E-state index contributed by atoms with van der Waals surface area (Å²) in [5.41, 5.74) is -0.919. The second-order valence-electron chi connectivity index (χ2n) is 4.23. The average Bonchev–Trinajstić information content (AvgIpc) is 2.30. The van der Waals surface area contributed by atoms with Gasteiger partial charge in [-0.25, -0.2) is 4.79 Å². The lowest BCUT2D eigenvalue weighted by Gasteiger charge is -2.38. The number of aromatic nitrogens is 1. The molecule has 1 atom stereocenters. The van der Waals surface area contributed by atoms with Crippen molar-refractivity contribution in [2.45, 2.75) is 32.4 Å².